The summed E-state index contributed by atoms with van der Waals surface area (Å²) in [4.78, 5) is 30.5. The maximum atomic E-state index is 14.7. The Bertz CT molecular complexity index is 3730. The number of nitrogens with zero attached hydrogens (tertiary/aromatic N) is 2. The average molecular weight is 997 g/mol. The number of hydrogen-bond acceptors (Lipinski definition) is 10. The van der Waals surface area contributed by atoms with Crippen LogP contribution in [0, 0.1) is 29.1 Å². The molecule has 5 N–H and O–H groups in total. The molecule has 1 atom stereocenters. The largest absolute Gasteiger partial charge is 0.380 e. The molecule has 5 aromatic carbocycles. The molecule has 346 valence electrons. The number of aromatic nitrogens is 4. The number of benzene rings is 5. The predicted molar refractivity (Wildman–Crippen MR) is 280 cm³/mol. The summed E-state index contributed by atoms with van der Waals surface area (Å²) in [7, 11) is -7.11. The minimum absolute atomic E-state index is 0.228. The number of Topliss-reactive ketones (excluding diaryl/α,β-unsaturated/α-hetero) is 1. The first-order valence-electron chi connectivity index (χ1n) is 21.6. The van der Waals surface area contributed by atoms with Gasteiger partial charge in [-0.15, -0.1) is 22.7 Å². The van der Waals surface area contributed by atoms with Crippen LogP contribution in [0.4, 0.5) is 10.3 Å². The molecular weight excluding hydrogens is 957 g/mol. The number of anilines is 2. The van der Waals surface area contributed by atoms with Gasteiger partial charge >= 0.3 is 0 Å². The fourth-order valence-electron chi connectivity index (χ4n) is 8.87. The summed E-state index contributed by atoms with van der Waals surface area (Å²) in [6.45, 7) is 0. The van der Waals surface area contributed by atoms with Gasteiger partial charge in [-0.2, -0.15) is 0 Å². The van der Waals surface area contributed by atoms with Crippen molar-refractivity contribution in [1.82, 2.24) is 19.9 Å². The van der Waals surface area contributed by atoms with Gasteiger partial charge in [-0.05, 0) is 76.0 Å². The zero-order valence-electron chi connectivity index (χ0n) is 37.3. The normalized spacial score (nSPS) is 14.5. The monoisotopic (exact) mass is 996 g/mol. The van der Waals surface area contributed by atoms with Crippen molar-refractivity contribution in [2.45, 2.75) is 11.5 Å². The second-order valence-corrected chi connectivity index (χ2v) is 21.9. The van der Waals surface area contributed by atoms with E-state index in [0.29, 0.717) is 55.9 Å². The Morgan fingerprint density at radius 1 is 0.657 bits per heavy atom. The van der Waals surface area contributed by atoms with Gasteiger partial charge in [0.15, 0.2) is 16.0 Å². The molecule has 9 aromatic rings. The first kappa shape index (κ1) is 45.9. The molecular formula is C54H40N6O6S4. The average Bonchev–Trinajstić information content (AvgIpc) is 4.20. The van der Waals surface area contributed by atoms with Gasteiger partial charge < -0.3 is 15.1 Å². The molecule has 1 aliphatic carbocycles. The van der Waals surface area contributed by atoms with Gasteiger partial charge in [0, 0.05) is 62.0 Å². The van der Waals surface area contributed by atoms with Gasteiger partial charge in [-0.3, -0.25) is 14.2 Å². The van der Waals surface area contributed by atoms with Gasteiger partial charge in [0.1, 0.15) is 11.5 Å². The number of aromatic amines is 2. The molecule has 0 bridgehead atoms. The van der Waals surface area contributed by atoms with Crippen LogP contribution in [0.25, 0.3) is 44.3 Å². The van der Waals surface area contributed by atoms with Gasteiger partial charge in [-0.1, -0.05) is 121 Å². The summed E-state index contributed by atoms with van der Waals surface area (Å²) in [5.74, 6) is 13.8. The maximum absolute atomic E-state index is 14.7. The van der Waals surface area contributed by atoms with Crippen LogP contribution in [0.3, 0.4) is 0 Å². The van der Waals surface area contributed by atoms with Crippen LogP contribution in [-0.4, -0.2) is 66.3 Å². The molecule has 12 nitrogen and oxygen atoms in total. The van der Waals surface area contributed by atoms with Crippen molar-refractivity contribution in [3.63, 3.8) is 0 Å². The van der Waals surface area contributed by atoms with E-state index in [4.69, 9.17) is 0 Å². The van der Waals surface area contributed by atoms with Crippen LogP contribution in [0.15, 0.2) is 174 Å². The highest BCUT2D eigenvalue weighted by Crippen LogP contribution is 2.57. The molecule has 1 unspecified atom stereocenters. The van der Waals surface area contributed by atoms with Crippen molar-refractivity contribution in [1.29, 1.82) is 0 Å². The number of aliphatic hydroxyl groups excluding tert-OH is 1. The summed E-state index contributed by atoms with van der Waals surface area (Å²) in [6.07, 6.45) is 9.68. The molecule has 1 aliphatic rings. The fourth-order valence-corrected chi connectivity index (χ4v) is 12.0. The van der Waals surface area contributed by atoms with E-state index in [9.17, 15) is 26.7 Å². The van der Waals surface area contributed by atoms with Gasteiger partial charge in [0.25, 0.3) is 0 Å². The van der Waals surface area contributed by atoms with Crippen LogP contribution >= 0.6 is 22.7 Å². The van der Waals surface area contributed by atoms with Crippen LogP contribution < -0.4 is 9.44 Å². The number of nitrogens with one attached hydrogen (secondary N) is 4. The Hall–Kier alpha value is -7.83. The fraction of sp³-hybridized carbons (Fsp3) is 0.0926. The smallest absolute Gasteiger partial charge is 0.231 e. The number of thiazole rings is 2. The van der Waals surface area contributed by atoms with Crippen LogP contribution in [0.2, 0.25) is 0 Å². The van der Waals surface area contributed by atoms with E-state index in [-0.39, 0.29) is 10.3 Å². The molecule has 4 aromatic heterocycles. The van der Waals surface area contributed by atoms with Gasteiger partial charge in [-0.25, -0.2) is 26.8 Å². The van der Waals surface area contributed by atoms with Crippen molar-refractivity contribution in [2.24, 2.45) is 5.41 Å². The van der Waals surface area contributed by atoms with E-state index >= 15 is 0 Å². The highest BCUT2D eigenvalue weighted by Gasteiger charge is 2.57. The molecule has 0 aliphatic heterocycles. The summed E-state index contributed by atoms with van der Waals surface area (Å²) < 4.78 is 53.0. The van der Waals surface area contributed by atoms with E-state index < -0.39 is 42.8 Å². The van der Waals surface area contributed by atoms with Crippen molar-refractivity contribution < 1.29 is 26.7 Å². The van der Waals surface area contributed by atoms with Gasteiger partial charge in [0.2, 0.25) is 20.0 Å². The van der Waals surface area contributed by atoms with Crippen molar-refractivity contribution >= 4 is 80.6 Å². The lowest BCUT2D eigenvalue weighted by Gasteiger charge is -2.49. The zero-order valence-corrected chi connectivity index (χ0v) is 40.5. The molecule has 70 heavy (non-hydrogen) atoms. The third-order valence-corrected chi connectivity index (χ3v) is 14.8. The van der Waals surface area contributed by atoms with E-state index in [1.807, 2.05) is 122 Å². The molecule has 16 heteroatoms. The van der Waals surface area contributed by atoms with Crippen LogP contribution in [-0.2, 0) is 25.5 Å². The molecule has 0 saturated carbocycles. The predicted octanol–water partition coefficient (Wildman–Crippen LogP) is 9.76. The van der Waals surface area contributed by atoms with E-state index in [2.05, 4.69) is 53.1 Å². The second-order valence-electron chi connectivity index (χ2n) is 16.7. The number of rotatable bonds is 11. The van der Waals surface area contributed by atoms with Crippen LogP contribution in [0.1, 0.15) is 32.6 Å². The lowest BCUT2D eigenvalue weighted by atomic mass is 9.50. The van der Waals surface area contributed by atoms with Crippen molar-refractivity contribution in [3.8, 4) is 46.2 Å². The van der Waals surface area contributed by atoms with Crippen molar-refractivity contribution in [2.75, 3.05) is 22.0 Å². The standard InChI is InChI=1S/C54H40N6O6S4/c1-69(63,64)59-51-57-47(33-67-51)40-13-6-9-35(29-40)20-25-53(26-21-36-10-7-14-41(30-36)48-34-68-52(58-48)60-70(2,65)66)24-8-15-44(50(62)49(61)39-11-4-3-5-12-39)54(53,42-18-16-37-22-27-55-45(37)31-42)43-19-17-38-23-28-56-46(38)32-43/h3-19,22-24,27-34,50,55-56,62H,1-2H3,(H,57,59)(H,58,60). The number of allylic oxidation sites excluding steroid dienone is 3. The van der Waals surface area contributed by atoms with Gasteiger partial charge in [0.05, 0.1) is 29.3 Å². The minimum atomic E-state index is -3.55. The van der Waals surface area contributed by atoms with Crippen molar-refractivity contribution in [3.05, 3.63) is 202 Å². The molecule has 4 heterocycles. The Kier molecular flexibility index (Phi) is 12.0. The van der Waals surface area contributed by atoms with E-state index in [1.165, 1.54) is 0 Å². The number of carbonyl (C=O) groups excluding carboxylic acids is 1. The third-order valence-electron chi connectivity index (χ3n) is 11.9. The maximum Gasteiger partial charge on any atom is 0.231 e. The number of ketones is 1. The highest BCUT2D eigenvalue weighted by atomic mass is 32.2. The summed E-state index contributed by atoms with van der Waals surface area (Å²) in [5, 5.41) is 18.7. The Labute approximate surface area is 412 Å². The lowest BCUT2D eigenvalue weighted by Crippen LogP contribution is -2.51. The molecule has 10 rings (SSSR count). The number of carbonyl (C=O) groups is 1. The number of aliphatic hydroxyl groups is 1. The third kappa shape index (κ3) is 9.10. The molecule has 0 spiro atoms. The molecule has 0 amide bonds. The quantitative estimate of drug-likeness (QED) is 0.0626. The summed E-state index contributed by atoms with van der Waals surface area (Å²) in [6, 6.07) is 39.5. The number of fused-ring (bicyclic) bond motifs is 2. The zero-order chi connectivity index (χ0) is 48.7. The minimum Gasteiger partial charge on any atom is -0.380 e. The Morgan fingerprint density at radius 3 is 1.67 bits per heavy atom. The lowest BCUT2D eigenvalue weighted by molar-refractivity contribution is 0.0779. The topological polar surface area (TPSA) is 187 Å². The molecule has 0 radical (unpaired) electrons. The Balaban J connectivity index is 1.24. The van der Waals surface area contributed by atoms with Crippen LogP contribution in [0.5, 0.6) is 0 Å². The summed E-state index contributed by atoms with van der Waals surface area (Å²) >= 11 is 2.33. The number of hydrogen-bond donors (Lipinski definition) is 5. The summed E-state index contributed by atoms with van der Waals surface area (Å²) in [5.41, 5.74) is 4.26. The first-order chi connectivity index (χ1) is 33.7. The SMILES string of the molecule is CS(=O)(=O)Nc1nc(-c2cccc(C#CC3(C#Cc4cccc(-c5csc(NS(C)(=O)=O)n5)c4)C=CC=C(C(O)C(=O)c4ccccc4)C3(c3ccc4cc[nH]c4c3)c3ccc4cc[nH]c4c3)c2)cs1. The number of sulfonamides is 2. The highest BCUT2D eigenvalue weighted by molar-refractivity contribution is 7.92. The first-order valence-corrected chi connectivity index (χ1v) is 27.2. The van der Waals surface area contributed by atoms with E-state index in [0.717, 1.165) is 57.0 Å². The van der Waals surface area contributed by atoms with E-state index in [1.54, 1.807) is 47.2 Å². The molecule has 0 saturated heterocycles. The molecule has 0 fully saturated rings. The second kappa shape index (κ2) is 18.2. The Morgan fingerprint density at radius 2 is 1.17 bits per heavy atom. The number of H-pyrrole nitrogens is 2.